The van der Waals surface area contributed by atoms with Crippen LogP contribution in [0, 0.1) is 0 Å². The van der Waals surface area contributed by atoms with E-state index >= 15 is 0 Å². The average Bonchev–Trinajstić information content (AvgIpc) is 2.39. The molecule has 0 N–H and O–H groups in total. The molecule has 0 saturated carbocycles. The molecular formula is C15H18F3N. The Hall–Kier alpha value is -1.29. The fraction of sp³-hybridized carbons (Fsp3) is 0.467. The van der Waals surface area contributed by atoms with E-state index in [1.807, 2.05) is 0 Å². The first kappa shape index (κ1) is 14.1. The van der Waals surface area contributed by atoms with Crippen LogP contribution in [0.3, 0.4) is 0 Å². The van der Waals surface area contributed by atoms with Gasteiger partial charge < -0.3 is 0 Å². The van der Waals surface area contributed by atoms with E-state index in [-0.39, 0.29) is 0 Å². The maximum Gasteiger partial charge on any atom is 0.416 e. The van der Waals surface area contributed by atoms with Gasteiger partial charge in [-0.05, 0) is 42.7 Å². The minimum atomic E-state index is -4.26. The second-order valence-electron chi connectivity index (χ2n) is 4.86. The third-order valence-electron chi connectivity index (χ3n) is 3.39. The fourth-order valence-corrected chi connectivity index (χ4v) is 2.39. The molecular weight excluding hydrogens is 251 g/mol. The second kappa shape index (κ2) is 5.78. The molecule has 2 rings (SSSR count). The Balaban J connectivity index is 2.15. The van der Waals surface area contributed by atoms with Crippen LogP contribution in [0.25, 0.3) is 5.57 Å². The van der Waals surface area contributed by atoms with Crippen molar-refractivity contribution in [2.24, 2.45) is 0 Å². The Labute approximate surface area is 111 Å². The van der Waals surface area contributed by atoms with E-state index < -0.39 is 11.7 Å². The zero-order chi connectivity index (χ0) is 13.9. The molecule has 1 aliphatic heterocycles. The lowest BCUT2D eigenvalue weighted by molar-refractivity contribution is -0.137. The molecule has 0 radical (unpaired) electrons. The maximum atomic E-state index is 12.7. The van der Waals surface area contributed by atoms with Crippen molar-refractivity contribution in [1.29, 1.82) is 0 Å². The zero-order valence-electron chi connectivity index (χ0n) is 11.0. The van der Waals surface area contributed by atoms with Crippen molar-refractivity contribution >= 4 is 5.57 Å². The Bertz CT molecular complexity index is 463. The lowest BCUT2D eigenvalue weighted by atomic mass is 9.97. The SMILES string of the molecule is CCCN1CC=C(c2cccc(C(F)(F)F)c2)CC1. The monoisotopic (exact) mass is 269 g/mol. The third-order valence-corrected chi connectivity index (χ3v) is 3.39. The molecule has 0 saturated heterocycles. The zero-order valence-corrected chi connectivity index (χ0v) is 11.0. The summed E-state index contributed by atoms with van der Waals surface area (Å²) < 4.78 is 38.0. The van der Waals surface area contributed by atoms with Gasteiger partial charge in [-0.25, -0.2) is 0 Å². The number of rotatable bonds is 3. The summed E-state index contributed by atoms with van der Waals surface area (Å²) in [5.41, 5.74) is 1.16. The Kier molecular flexibility index (Phi) is 4.30. The molecule has 1 nitrogen and oxygen atoms in total. The first-order chi connectivity index (χ1) is 9.00. The van der Waals surface area contributed by atoms with E-state index in [2.05, 4.69) is 17.9 Å². The van der Waals surface area contributed by atoms with Crippen molar-refractivity contribution in [3.63, 3.8) is 0 Å². The molecule has 1 aliphatic rings. The number of nitrogens with zero attached hydrogens (tertiary/aromatic N) is 1. The number of halogens is 3. The molecule has 19 heavy (non-hydrogen) atoms. The van der Waals surface area contributed by atoms with Gasteiger partial charge in [0, 0.05) is 13.1 Å². The van der Waals surface area contributed by atoms with Crippen LogP contribution in [0.4, 0.5) is 13.2 Å². The molecule has 4 heteroatoms. The van der Waals surface area contributed by atoms with E-state index in [1.165, 1.54) is 12.1 Å². The molecule has 0 unspecified atom stereocenters. The number of hydrogen-bond donors (Lipinski definition) is 0. The van der Waals surface area contributed by atoms with Crippen LogP contribution in [0.15, 0.2) is 30.3 Å². The highest BCUT2D eigenvalue weighted by Crippen LogP contribution is 2.32. The van der Waals surface area contributed by atoms with Gasteiger partial charge in [0.2, 0.25) is 0 Å². The fourth-order valence-electron chi connectivity index (χ4n) is 2.39. The summed E-state index contributed by atoms with van der Waals surface area (Å²) in [5.74, 6) is 0. The highest BCUT2D eigenvalue weighted by Gasteiger charge is 2.30. The van der Waals surface area contributed by atoms with Crippen molar-refractivity contribution in [3.8, 4) is 0 Å². The molecule has 0 aromatic heterocycles. The van der Waals surface area contributed by atoms with Crippen LogP contribution < -0.4 is 0 Å². The first-order valence-corrected chi connectivity index (χ1v) is 6.59. The third kappa shape index (κ3) is 3.60. The van der Waals surface area contributed by atoms with Gasteiger partial charge in [-0.3, -0.25) is 4.90 Å². The van der Waals surface area contributed by atoms with Gasteiger partial charge in [-0.1, -0.05) is 25.1 Å². The molecule has 0 bridgehead atoms. The van der Waals surface area contributed by atoms with Crippen LogP contribution in [0.5, 0.6) is 0 Å². The highest BCUT2D eigenvalue weighted by molar-refractivity contribution is 5.67. The Morgan fingerprint density at radius 1 is 1.26 bits per heavy atom. The lowest BCUT2D eigenvalue weighted by Gasteiger charge is -2.26. The van der Waals surface area contributed by atoms with Crippen LogP contribution in [-0.4, -0.2) is 24.5 Å². The molecule has 0 amide bonds. The summed E-state index contributed by atoms with van der Waals surface area (Å²) in [6.45, 7) is 4.94. The van der Waals surface area contributed by atoms with Crippen LogP contribution in [0.1, 0.15) is 30.9 Å². The van der Waals surface area contributed by atoms with E-state index in [9.17, 15) is 13.2 Å². The largest absolute Gasteiger partial charge is 0.416 e. The van der Waals surface area contributed by atoms with E-state index in [1.54, 1.807) is 6.07 Å². The predicted octanol–water partition coefficient (Wildman–Crippen LogP) is 4.20. The summed E-state index contributed by atoms with van der Waals surface area (Å²) >= 11 is 0. The van der Waals surface area contributed by atoms with Crippen molar-refractivity contribution in [3.05, 3.63) is 41.5 Å². The minimum absolute atomic E-state index is 0.568. The quantitative estimate of drug-likeness (QED) is 0.794. The van der Waals surface area contributed by atoms with Gasteiger partial charge >= 0.3 is 6.18 Å². The average molecular weight is 269 g/mol. The van der Waals surface area contributed by atoms with Gasteiger partial charge in [-0.15, -0.1) is 0 Å². The highest BCUT2D eigenvalue weighted by atomic mass is 19.4. The number of alkyl halides is 3. The van der Waals surface area contributed by atoms with Gasteiger partial charge in [-0.2, -0.15) is 13.2 Å². The maximum absolute atomic E-state index is 12.7. The Morgan fingerprint density at radius 2 is 2.05 bits per heavy atom. The molecule has 104 valence electrons. The summed E-state index contributed by atoms with van der Waals surface area (Å²) in [6, 6.07) is 5.62. The van der Waals surface area contributed by atoms with E-state index in [4.69, 9.17) is 0 Å². The number of benzene rings is 1. The molecule has 0 fully saturated rings. The smallest absolute Gasteiger partial charge is 0.299 e. The van der Waals surface area contributed by atoms with Crippen molar-refractivity contribution in [2.45, 2.75) is 25.9 Å². The van der Waals surface area contributed by atoms with Crippen LogP contribution >= 0.6 is 0 Å². The molecule has 0 aliphatic carbocycles. The lowest BCUT2D eigenvalue weighted by Crippen LogP contribution is -2.29. The normalized spacial score (nSPS) is 17.4. The summed E-state index contributed by atoms with van der Waals surface area (Å²) in [4.78, 5) is 2.32. The van der Waals surface area contributed by atoms with E-state index in [0.29, 0.717) is 5.56 Å². The minimum Gasteiger partial charge on any atom is -0.299 e. The molecule has 1 heterocycles. The van der Waals surface area contributed by atoms with Gasteiger partial charge in [0.05, 0.1) is 5.56 Å². The molecule has 0 spiro atoms. The van der Waals surface area contributed by atoms with Crippen molar-refractivity contribution in [2.75, 3.05) is 19.6 Å². The van der Waals surface area contributed by atoms with Crippen LogP contribution in [-0.2, 0) is 6.18 Å². The summed E-state index contributed by atoms with van der Waals surface area (Å²) in [5, 5.41) is 0. The van der Waals surface area contributed by atoms with E-state index in [0.717, 1.165) is 44.1 Å². The van der Waals surface area contributed by atoms with Gasteiger partial charge in [0.15, 0.2) is 0 Å². The summed E-state index contributed by atoms with van der Waals surface area (Å²) in [6.07, 6.45) is -0.290. The van der Waals surface area contributed by atoms with Crippen molar-refractivity contribution in [1.82, 2.24) is 4.90 Å². The standard InChI is InChI=1S/C15H18F3N/c1-2-8-19-9-6-12(7-10-19)13-4-3-5-14(11-13)15(16,17)18/h3-6,11H,2,7-10H2,1H3. The first-order valence-electron chi connectivity index (χ1n) is 6.59. The van der Waals surface area contributed by atoms with Crippen molar-refractivity contribution < 1.29 is 13.2 Å². The summed E-state index contributed by atoms with van der Waals surface area (Å²) in [7, 11) is 0. The second-order valence-corrected chi connectivity index (χ2v) is 4.86. The van der Waals surface area contributed by atoms with Gasteiger partial charge in [0.1, 0.15) is 0 Å². The molecule has 0 atom stereocenters. The topological polar surface area (TPSA) is 3.24 Å². The van der Waals surface area contributed by atoms with Crippen LogP contribution in [0.2, 0.25) is 0 Å². The molecule has 1 aromatic rings. The van der Waals surface area contributed by atoms with Gasteiger partial charge in [0.25, 0.3) is 0 Å². The number of hydrogen-bond acceptors (Lipinski definition) is 1. The predicted molar refractivity (Wildman–Crippen MR) is 70.8 cm³/mol. The Morgan fingerprint density at radius 3 is 2.63 bits per heavy atom. The molecule has 1 aromatic carbocycles.